The van der Waals surface area contributed by atoms with E-state index >= 15 is 0 Å². The maximum atomic E-state index is 12.6. The van der Waals surface area contributed by atoms with Crippen LogP contribution in [0.15, 0.2) is 47.2 Å². The first-order valence-electron chi connectivity index (χ1n) is 13.0. The fourth-order valence-electron chi connectivity index (χ4n) is 4.06. The minimum absolute atomic E-state index is 0.0214. The number of carbonyl (C=O) groups excluding carboxylic acids is 2. The van der Waals surface area contributed by atoms with Crippen molar-refractivity contribution in [2.24, 2.45) is 0 Å². The number of nitro benzene ring substituents is 1. The van der Waals surface area contributed by atoms with Crippen molar-refractivity contribution in [3.8, 4) is 0 Å². The zero-order chi connectivity index (χ0) is 29.9. The predicted molar refractivity (Wildman–Crippen MR) is 138 cm³/mol. The number of carbonyl (C=O) groups is 2. The average Bonchev–Trinajstić information content (AvgIpc) is 2.84. The highest BCUT2D eigenvalue weighted by Crippen LogP contribution is 2.40. The summed E-state index contributed by atoms with van der Waals surface area (Å²) < 4.78 is 57.8. The van der Waals surface area contributed by atoms with Crippen molar-refractivity contribution in [3.63, 3.8) is 0 Å². The monoisotopic (exact) mass is 572 g/mol. The van der Waals surface area contributed by atoms with Gasteiger partial charge in [0.25, 0.3) is 5.69 Å². The van der Waals surface area contributed by atoms with Gasteiger partial charge in [-0.2, -0.15) is 13.2 Å². The molecule has 0 saturated carbocycles. The summed E-state index contributed by atoms with van der Waals surface area (Å²) in [5, 5.41) is 14.4. The summed E-state index contributed by atoms with van der Waals surface area (Å²) in [4.78, 5) is 35.7. The van der Waals surface area contributed by atoms with Gasteiger partial charge in [0.05, 0.1) is 29.0 Å². The van der Waals surface area contributed by atoms with E-state index in [1.807, 2.05) is 0 Å². The number of hydrogen-bond acceptors (Lipinski definition) is 9. The van der Waals surface area contributed by atoms with E-state index in [-0.39, 0.29) is 30.2 Å². The van der Waals surface area contributed by atoms with Crippen LogP contribution in [0.3, 0.4) is 0 Å². The number of hydrogen-bond donors (Lipinski definition) is 1. The van der Waals surface area contributed by atoms with E-state index in [1.165, 1.54) is 18.2 Å². The first-order valence-corrected chi connectivity index (χ1v) is 13.0. The van der Waals surface area contributed by atoms with Crippen molar-refractivity contribution in [1.82, 2.24) is 5.32 Å². The normalized spacial score (nSPS) is 15.6. The summed E-state index contributed by atoms with van der Waals surface area (Å²) >= 11 is 0. The number of halogens is 3. The molecule has 1 heterocycles. The molecule has 0 radical (unpaired) electrons. The highest BCUT2D eigenvalue weighted by molar-refractivity contribution is 5.65. The first kappa shape index (κ1) is 32.4. The summed E-state index contributed by atoms with van der Waals surface area (Å²) in [6, 6.07) is 5.63. The van der Waals surface area contributed by atoms with Crippen LogP contribution in [-0.2, 0) is 18.9 Å². The standard InChI is InChI=1S/C27H35F3N2O8/c1-17(2)38-26(34)40-24-19(4)31-18(3)23(22(24)20-12-11-13-21(16-20)32(35)36)39-25(33)37-15-10-8-6-5-7-9-14-27(28,29)30/h11-13,16-17,22,31H,5-10,14-15H2,1-4H3. The van der Waals surface area contributed by atoms with E-state index in [2.05, 4.69) is 5.32 Å². The fourth-order valence-corrected chi connectivity index (χ4v) is 4.06. The lowest BCUT2D eigenvalue weighted by atomic mass is 9.90. The lowest BCUT2D eigenvalue weighted by Gasteiger charge is -2.30. The third kappa shape index (κ3) is 10.8. The summed E-state index contributed by atoms with van der Waals surface area (Å²) in [5.41, 5.74) is 0.922. The van der Waals surface area contributed by atoms with Crippen LogP contribution in [0.5, 0.6) is 0 Å². The second-order valence-corrected chi connectivity index (χ2v) is 9.59. The molecule has 13 heteroatoms. The molecule has 1 aliphatic rings. The fraction of sp³-hybridized carbons (Fsp3) is 0.556. The zero-order valence-electron chi connectivity index (χ0n) is 23.0. The van der Waals surface area contributed by atoms with Crippen molar-refractivity contribution in [1.29, 1.82) is 0 Å². The Balaban J connectivity index is 2.07. The molecule has 0 bridgehead atoms. The molecule has 0 aliphatic carbocycles. The molecular weight excluding hydrogens is 537 g/mol. The molecule has 1 atom stereocenters. The number of allylic oxidation sites excluding steroid dienone is 2. The molecule has 2 rings (SSSR count). The van der Waals surface area contributed by atoms with Gasteiger partial charge in [-0.1, -0.05) is 37.8 Å². The van der Waals surface area contributed by atoms with Gasteiger partial charge >= 0.3 is 18.5 Å². The topological polar surface area (TPSA) is 126 Å². The molecular formula is C27H35F3N2O8. The summed E-state index contributed by atoms with van der Waals surface area (Å²) in [7, 11) is 0. The Morgan fingerprint density at radius 2 is 1.55 bits per heavy atom. The van der Waals surface area contributed by atoms with E-state index in [0.29, 0.717) is 49.1 Å². The maximum Gasteiger partial charge on any atom is 0.513 e. The van der Waals surface area contributed by atoms with Crippen molar-refractivity contribution >= 4 is 18.0 Å². The van der Waals surface area contributed by atoms with Crippen LogP contribution < -0.4 is 5.32 Å². The maximum absolute atomic E-state index is 12.6. The number of nitrogens with zero attached hydrogens (tertiary/aromatic N) is 1. The van der Waals surface area contributed by atoms with Crippen LogP contribution in [0.4, 0.5) is 28.4 Å². The molecule has 1 aromatic carbocycles. The molecule has 1 N–H and O–H groups in total. The Bertz CT molecular complexity index is 1120. The summed E-state index contributed by atoms with van der Waals surface area (Å²) in [6.45, 7) is 6.56. The molecule has 0 spiro atoms. The average molecular weight is 573 g/mol. The molecule has 0 fully saturated rings. The Labute approximate surface area is 230 Å². The Hall–Kier alpha value is -3.77. The second-order valence-electron chi connectivity index (χ2n) is 9.59. The number of dihydropyridines is 1. The van der Waals surface area contributed by atoms with Gasteiger partial charge in [-0.3, -0.25) is 10.1 Å². The number of nitrogens with one attached hydrogen (secondary N) is 1. The number of ether oxygens (including phenoxy) is 4. The largest absolute Gasteiger partial charge is 0.513 e. The third-order valence-electron chi connectivity index (χ3n) is 5.85. The van der Waals surface area contributed by atoms with Gasteiger partial charge in [-0.05, 0) is 46.1 Å². The minimum atomic E-state index is -4.14. The van der Waals surface area contributed by atoms with Crippen molar-refractivity contribution in [2.75, 3.05) is 6.61 Å². The quantitative estimate of drug-likeness (QED) is 0.109. The van der Waals surface area contributed by atoms with Gasteiger partial charge in [-0.25, -0.2) is 9.59 Å². The van der Waals surface area contributed by atoms with Gasteiger partial charge in [0, 0.05) is 18.6 Å². The molecule has 0 amide bonds. The van der Waals surface area contributed by atoms with E-state index in [4.69, 9.17) is 18.9 Å². The molecule has 40 heavy (non-hydrogen) atoms. The Morgan fingerprint density at radius 3 is 2.12 bits per heavy atom. The lowest BCUT2D eigenvalue weighted by molar-refractivity contribution is -0.384. The number of alkyl halides is 3. The molecule has 222 valence electrons. The van der Waals surface area contributed by atoms with Gasteiger partial charge in [0.15, 0.2) is 0 Å². The Morgan fingerprint density at radius 1 is 0.975 bits per heavy atom. The number of non-ortho nitro benzene ring substituents is 1. The smallest absolute Gasteiger partial charge is 0.434 e. The summed E-state index contributed by atoms with van der Waals surface area (Å²) in [5.74, 6) is -0.955. The number of rotatable bonds is 13. The minimum Gasteiger partial charge on any atom is -0.434 e. The first-order chi connectivity index (χ1) is 18.8. The van der Waals surface area contributed by atoms with Gasteiger partial charge in [0.2, 0.25) is 0 Å². The third-order valence-corrected chi connectivity index (χ3v) is 5.85. The van der Waals surface area contributed by atoms with Crippen LogP contribution in [0, 0.1) is 10.1 Å². The van der Waals surface area contributed by atoms with Gasteiger partial charge in [-0.15, -0.1) is 0 Å². The van der Waals surface area contributed by atoms with Crippen LogP contribution in [0.25, 0.3) is 0 Å². The predicted octanol–water partition coefficient (Wildman–Crippen LogP) is 7.75. The lowest BCUT2D eigenvalue weighted by Crippen LogP contribution is -2.29. The molecule has 1 unspecified atom stereocenters. The van der Waals surface area contributed by atoms with E-state index < -0.39 is 41.9 Å². The van der Waals surface area contributed by atoms with E-state index in [0.717, 1.165) is 0 Å². The second kappa shape index (κ2) is 15.1. The molecule has 0 aromatic heterocycles. The van der Waals surface area contributed by atoms with Crippen LogP contribution in [-0.4, -0.2) is 36.1 Å². The SMILES string of the molecule is CC1=C(OC(=O)OCCCCCCCCC(F)(F)F)C(c2cccc([N+](=O)[O-])c2)C(OC(=O)OC(C)C)=C(C)N1. The number of nitro groups is 1. The zero-order valence-corrected chi connectivity index (χ0v) is 23.0. The van der Waals surface area contributed by atoms with Crippen LogP contribution >= 0.6 is 0 Å². The van der Waals surface area contributed by atoms with E-state index in [9.17, 15) is 32.9 Å². The molecule has 10 nitrogen and oxygen atoms in total. The van der Waals surface area contributed by atoms with Gasteiger partial charge < -0.3 is 24.3 Å². The highest BCUT2D eigenvalue weighted by atomic mass is 19.4. The Kier molecular flexibility index (Phi) is 12.3. The van der Waals surface area contributed by atoms with Crippen molar-refractivity contribution in [3.05, 3.63) is 62.9 Å². The summed E-state index contributed by atoms with van der Waals surface area (Å²) in [6.07, 6.45) is -4.34. The molecule has 0 saturated heterocycles. The van der Waals surface area contributed by atoms with Crippen molar-refractivity contribution in [2.45, 2.75) is 90.8 Å². The van der Waals surface area contributed by atoms with Crippen LogP contribution in [0.1, 0.15) is 84.1 Å². The highest BCUT2D eigenvalue weighted by Gasteiger charge is 2.36. The molecule has 1 aliphatic heterocycles. The number of benzene rings is 1. The van der Waals surface area contributed by atoms with Crippen molar-refractivity contribution < 1.29 is 46.6 Å². The van der Waals surface area contributed by atoms with Gasteiger partial charge in [0.1, 0.15) is 17.4 Å². The molecule has 1 aromatic rings. The van der Waals surface area contributed by atoms with Crippen LogP contribution in [0.2, 0.25) is 0 Å². The number of unbranched alkanes of at least 4 members (excludes halogenated alkanes) is 5. The van der Waals surface area contributed by atoms with E-state index in [1.54, 1.807) is 33.8 Å².